The van der Waals surface area contributed by atoms with Crippen molar-refractivity contribution in [1.29, 1.82) is 0 Å². The van der Waals surface area contributed by atoms with E-state index in [4.69, 9.17) is 11.6 Å². The second-order valence-electron chi connectivity index (χ2n) is 6.48. The first-order valence-corrected chi connectivity index (χ1v) is 9.79. The summed E-state index contributed by atoms with van der Waals surface area (Å²) in [6.07, 6.45) is 2.27. The highest BCUT2D eigenvalue weighted by atomic mass is 79.9. The van der Waals surface area contributed by atoms with Crippen LogP contribution >= 0.6 is 27.5 Å². The smallest absolute Gasteiger partial charge is 0.220 e. The SMILES string of the molecule is O=C(CCc1ccccc1Cl)NCC1CCN(c2cccc(Br)c2)C1. The van der Waals surface area contributed by atoms with Gasteiger partial charge in [0.1, 0.15) is 0 Å². The molecule has 0 radical (unpaired) electrons. The number of nitrogens with zero attached hydrogens (tertiary/aromatic N) is 1. The fraction of sp³-hybridized carbons (Fsp3) is 0.350. The summed E-state index contributed by atoms with van der Waals surface area (Å²) in [5.41, 5.74) is 2.27. The first kappa shape index (κ1) is 18.3. The van der Waals surface area contributed by atoms with E-state index in [1.54, 1.807) is 0 Å². The van der Waals surface area contributed by atoms with Crippen molar-refractivity contribution < 1.29 is 4.79 Å². The number of nitrogens with one attached hydrogen (secondary N) is 1. The summed E-state index contributed by atoms with van der Waals surface area (Å²) in [6, 6.07) is 16.1. The molecule has 1 fully saturated rings. The lowest BCUT2D eigenvalue weighted by Crippen LogP contribution is -2.31. The van der Waals surface area contributed by atoms with Crippen molar-refractivity contribution in [2.45, 2.75) is 19.3 Å². The predicted molar refractivity (Wildman–Crippen MR) is 107 cm³/mol. The van der Waals surface area contributed by atoms with Crippen LogP contribution in [0.4, 0.5) is 5.69 Å². The lowest BCUT2D eigenvalue weighted by atomic mass is 10.1. The second-order valence-corrected chi connectivity index (χ2v) is 7.80. The third kappa shape index (κ3) is 5.23. The largest absolute Gasteiger partial charge is 0.371 e. The predicted octanol–water partition coefficient (Wildman–Crippen LogP) is 4.68. The molecule has 25 heavy (non-hydrogen) atoms. The number of hydrogen-bond acceptors (Lipinski definition) is 2. The van der Waals surface area contributed by atoms with E-state index in [1.807, 2.05) is 30.3 Å². The molecule has 0 spiro atoms. The van der Waals surface area contributed by atoms with Gasteiger partial charge in [-0.15, -0.1) is 0 Å². The van der Waals surface area contributed by atoms with Crippen molar-refractivity contribution in [2.24, 2.45) is 5.92 Å². The van der Waals surface area contributed by atoms with Gasteiger partial charge in [0, 0.05) is 41.2 Å². The molecule has 0 aromatic heterocycles. The van der Waals surface area contributed by atoms with Crippen molar-refractivity contribution in [3.8, 4) is 0 Å². The minimum atomic E-state index is 0.0980. The van der Waals surface area contributed by atoms with Gasteiger partial charge in [-0.3, -0.25) is 4.79 Å². The summed E-state index contributed by atoms with van der Waals surface area (Å²) in [4.78, 5) is 14.5. The molecule has 1 heterocycles. The van der Waals surface area contributed by atoms with Crippen molar-refractivity contribution in [3.05, 3.63) is 63.6 Å². The number of rotatable bonds is 6. The zero-order valence-electron chi connectivity index (χ0n) is 14.1. The van der Waals surface area contributed by atoms with Crippen LogP contribution in [0.1, 0.15) is 18.4 Å². The maximum absolute atomic E-state index is 12.1. The van der Waals surface area contributed by atoms with Gasteiger partial charge in [0.25, 0.3) is 0 Å². The highest BCUT2D eigenvalue weighted by Crippen LogP contribution is 2.26. The van der Waals surface area contributed by atoms with Crippen LogP contribution in [0.25, 0.3) is 0 Å². The maximum Gasteiger partial charge on any atom is 0.220 e. The molecule has 1 atom stereocenters. The molecular formula is C20H22BrClN2O. The number of hydrogen-bond donors (Lipinski definition) is 1. The molecule has 1 N–H and O–H groups in total. The average molecular weight is 422 g/mol. The van der Waals surface area contributed by atoms with Crippen LogP contribution in [0.15, 0.2) is 53.0 Å². The topological polar surface area (TPSA) is 32.3 Å². The lowest BCUT2D eigenvalue weighted by molar-refractivity contribution is -0.121. The minimum absolute atomic E-state index is 0.0980. The molecule has 2 aromatic carbocycles. The summed E-state index contributed by atoms with van der Waals surface area (Å²) < 4.78 is 1.10. The van der Waals surface area contributed by atoms with Gasteiger partial charge < -0.3 is 10.2 Å². The Morgan fingerprint density at radius 3 is 2.88 bits per heavy atom. The molecule has 0 bridgehead atoms. The monoisotopic (exact) mass is 420 g/mol. The third-order valence-corrected chi connectivity index (χ3v) is 5.49. The number of carbonyl (C=O) groups excluding carboxylic acids is 1. The summed E-state index contributed by atoms with van der Waals surface area (Å²) in [5, 5.41) is 3.81. The van der Waals surface area contributed by atoms with Crippen molar-refractivity contribution in [2.75, 3.05) is 24.5 Å². The van der Waals surface area contributed by atoms with E-state index in [9.17, 15) is 4.79 Å². The maximum atomic E-state index is 12.1. The second kappa shape index (κ2) is 8.72. The van der Waals surface area contributed by atoms with E-state index < -0.39 is 0 Å². The van der Waals surface area contributed by atoms with E-state index >= 15 is 0 Å². The normalized spacial score (nSPS) is 16.9. The van der Waals surface area contributed by atoms with Crippen LogP contribution < -0.4 is 10.2 Å². The number of aryl methyl sites for hydroxylation is 1. The molecule has 5 heteroatoms. The molecule has 3 nitrogen and oxygen atoms in total. The Kier molecular flexibility index (Phi) is 6.38. The van der Waals surface area contributed by atoms with Gasteiger partial charge in [0.2, 0.25) is 5.91 Å². The van der Waals surface area contributed by atoms with Crippen LogP contribution in [-0.2, 0) is 11.2 Å². The van der Waals surface area contributed by atoms with Crippen LogP contribution in [-0.4, -0.2) is 25.5 Å². The van der Waals surface area contributed by atoms with Crippen LogP contribution in [0.3, 0.4) is 0 Å². The highest BCUT2D eigenvalue weighted by Gasteiger charge is 2.23. The van der Waals surface area contributed by atoms with Crippen molar-refractivity contribution in [1.82, 2.24) is 5.32 Å². The van der Waals surface area contributed by atoms with Gasteiger partial charge >= 0.3 is 0 Å². The fourth-order valence-corrected chi connectivity index (χ4v) is 3.82. The Hall–Kier alpha value is -1.52. The molecule has 1 saturated heterocycles. The average Bonchev–Trinajstić information content (AvgIpc) is 3.08. The van der Waals surface area contributed by atoms with E-state index in [-0.39, 0.29) is 5.91 Å². The molecular weight excluding hydrogens is 400 g/mol. The van der Waals surface area contributed by atoms with Crippen LogP contribution in [0.2, 0.25) is 5.02 Å². The van der Waals surface area contributed by atoms with E-state index in [1.165, 1.54) is 5.69 Å². The Morgan fingerprint density at radius 2 is 2.08 bits per heavy atom. The summed E-state index contributed by atoms with van der Waals surface area (Å²) >= 11 is 9.66. The molecule has 132 valence electrons. The fourth-order valence-electron chi connectivity index (χ4n) is 3.20. The van der Waals surface area contributed by atoms with Crippen LogP contribution in [0.5, 0.6) is 0 Å². The number of benzene rings is 2. The minimum Gasteiger partial charge on any atom is -0.371 e. The van der Waals surface area contributed by atoms with Gasteiger partial charge in [-0.05, 0) is 48.6 Å². The molecule has 3 rings (SSSR count). The number of halogens is 2. The quantitative estimate of drug-likeness (QED) is 0.734. The molecule has 1 aliphatic rings. The Morgan fingerprint density at radius 1 is 1.24 bits per heavy atom. The number of anilines is 1. The first-order chi connectivity index (χ1) is 12.1. The molecule has 2 aromatic rings. The molecule has 1 amide bonds. The van der Waals surface area contributed by atoms with Crippen molar-refractivity contribution >= 4 is 39.1 Å². The molecule has 1 aliphatic heterocycles. The Bertz CT molecular complexity index is 737. The van der Waals surface area contributed by atoms with Gasteiger partial charge in [-0.1, -0.05) is 51.8 Å². The van der Waals surface area contributed by atoms with Crippen molar-refractivity contribution in [3.63, 3.8) is 0 Å². The van der Waals surface area contributed by atoms with Gasteiger partial charge in [0.05, 0.1) is 0 Å². The summed E-state index contributed by atoms with van der Waals surface area (Å²) in [5.74, 6) is 0.601. The first-order valence-electron chi connectivity index (χ1n) is 8.62. The standard InChI is InChI=1S/C20H22BrClN2O/c21-17-5-3-6-18(12-17)24-11-10-15(14-24)13-23-20(25)9-8-16-4-1-2-7-19(16)22/h1-7,12,15H,8-11,13-14H2,(H,23,25). The Balaban J connectivity index is 1.42. The van der Waals surface area contributed by atoms with Gasteiger partial charge in [-0.2, -0.15) is 0 Å². The zero-order chi connectivity index (χ0) is 17.6. The third-order valence-electron chi connectivity index (χ3n) is 4.63. The Labute approximate surface area is 162 Å². The summed E-state index contributed by atoms with van der Waals surface area (Å²) in [6.45, 7) is 2.77. The molecule has 0 saturated carbocycles. The molecule has 0 aliphatic carbocycles. The number of carbonyl (C=O) groups is 1. The highest BCUT2D eigenvalue weighted by molar-refractivity contribution is 9.10. The number of amides is 1. The summed E-state index contributed by atoms with van der Waals surface area (Å²) in [7, 11) is 0. The van der Waals surface area contributed by atoms with E-state index in [0.717, 1.165) is 41.1 Å². The van der Waals surface area contributed by atoms with Gasteiger partial charge in [0.15, 0.2) is 0 Å². The molecule has 1 unspecified atom stereocenters. The van der Waals surface area contributed by atoms with Gasteiger partial charge in [-0.25, -0.2) is 0 Å². The van der Waals surface area contributed by atoms with E-state index in [2.05, 4.69) is 44.3 Å². The lowest BCUT2D eigenvalue weighted by Gasteiger charge is -2.19. The van der Waals surface area contributed by atoms with E-state index in [0.29, 0.717) is 18.8 Å². The zero-order valence-corrected chi connectivity index (χ0v) is 16.4. The van der Waals surface area contributed by atoms with Crippen LogP contribution in [0, 0.1) is 5.92 Å².